The number of rotatable bonds is 5. The molecule has 2 aromatic heterocycles. The number of sulfonamides is 1. The van der Waals surface area contributed by atoms with Crippen molar-refractivity contribution in [3.05, 3.63) is 52.2 Å². The van der Waals surface area contributed by atoms with E-state index in [2.05, 4.69) is 4.98 Å². The van der Waals surface area contributed by atoms with Crippen LogP contribution < -0.4 is 4.31 Å². The lowest BCUT2D eigenvalue weighted by atomic mass is 10.1. The first-order valence-electron chi connectivity index (χ1n) is 10.6. The van der Waals surface area contributed by atoms with Gasteiger partial charge in [0.1, 0.15) is 14.8 Å². The number of amides is 1. The fourth-order valence-electron chi connectivity index (χ4n) is 3.87. The Kier molecular flexibility index (Phi) is 5.89. The number of benzene rings is 1. The van der Waals surface area contributed by atoms with Gasteiger partial charge in [0.15, 0.2) is 0 Å². The molecular weight excluding hydrogens is 444 g/mol. The van der Waals surface area contributed by atoms with Gasteiger partial charge in [-0.2, -0.15) is 0 Å². The standard InChI is InChI=1S/C23H28N4O3S2/c1-15-8-9-18(12-16(15)2)26(5)32(29,30)19-13-20(25(4)14-19)22-24-17(3)21(31-22)23(28)27-10-6-7-11-27/h8-9,12-14H,6-7,10-11H2,1-5H3. The van der Waals surface area contributed by atoms with E-state index in [4.69, 9.17) is 0 Å². The van der Waals surface area contributed by atoms with Gasteiger partial charge in [0.25, 0.3) is 15.9 Å². The Morgan fingerprint density at radius 1 is 1.09 bits per heavy atom. The van der Waals surface area contributed by atoms with Crippen molar-refractivity contribution >= 4 is 33.0 Å². The van der Waals surface area contributed by atoms with Crippen molar-refractivity contribution in [1.82, 2.24) is 14.5 Å². The van der Waals surface area contributed by atoms with Crippen molar-refractivity contribution in [2.75, 3.05) is 24.4 Å². The van der Waals surface area contributed by atoms with Gasteiger partial charge in [-0.25, -0.2) is 13.4 Å². The molecule has 1 aromatic carbocycles. The van der Waals surface area contributed by atoms with Crippen LogP contribution >= 0.6 is 11.3 Å². The number of anilines is 1. The molecule has 1 aliphatic heterocycles. The number of thiazole rings is 1. The molecular formula is C23H28N4O3S2. The molecule has 3 heterocycles. The molecule has 0 unspecified atom stereocenters. The molecule has 7 nitrogen and oxygen atoms in total. The highest BCUT2D eigenvalue weighted by molar-refractivity contribution is 7.92. The maximum absolute atomic E-state index is 13.3. The third kappa shape index (κ3) is 3.95. The van der Waals surface area contributed by atoms with Crippen LogP contribution in [0.4, 0.5) is 5.69 Å². The SMILES string of the molecule is Cc1ccc(N(C)S(=O)(=O)c2cc(-c3nc(C)c(C(=O)N4CCCC4)s3)n(C)c2)cc1C. The third-order valence-corrected chi connectivity index (χ3v) is 9.01. The molecule has 32 heavy (non-hydrogen) atoms. The number of carbonyl (C=O) groups is 1. The zero-order valence-corrected chi connectivity index (χ0v) is 20.7. The molecule has 1 amide bonds. The Bertz CT molecular complexity index is 1280. The molecule has 0 bridgehead atoms. The molecule has 9 heteroatoms. The molecule has 0 atom stereocenters. The number of hydrogen-bond donors (Lipinski definition) is 0. The van der Waals surface area contributed by atoms with Crippen molar-refractivity contribution in [3.63, 3.8) is 0 Å². The second kappa shape index (κ2) is 8.37. The summed E-state index contributed by atoms with van der Waals surface area (Å²) in [6.45, 7) is 7.35. The molecule has 170 valence electrons. The van der Waals surface area contributed by atoms with Gasteiger partial charge in [-0.1, -0.05) is 6.07 Å². The summed E-state index contributed by atoms with van der Waals surface area (Å²) < 4.78 is 29.7. The Hall–Kier alpha value is -2.65. The van der Waals surface area contributed by atoms with Gasteiger partial charge in [0.05, 0.1) is 17.1 Å². The van der Waals surface area contributed by atoms with E-state index in [0.717, 1.165) is 37.1 Å². The predicted octanol–water partition coefficient (Wildman–Crippen LogP) is 4.13. The highest BCUT2D eigenvalue weighted by atomic mass is 32.2. The molecule has 4 rings (SSSR count). The first-order valence-corrected chi connectivity index (χ1v) is 12.8. The molecule has 1 aliphatic rings. The number of aryl methyl sites for hydroxylation is 4. The fourth-order valence-corrected chi connectivity index (χ4v) is 6.23. The van der Waals surface area contributed by atoms with Gasteiger partial charge < -0.3 is 9.47 Å². The van der Waals surface area contributed by atoms with Crippen LogP contribution in [0.1, 0.15) is 39.3 Å². The molecule has 1 fully saturated rings. The Morgan fingerprint density at radius 3 is 2.44 bits per heavy atom. The molecule has 1 saturated heterocycles. The van der Waals surface area contributed by atoms with Gasteiger partial charge >= 0.3 is 0 Å². The van der Waals surface area contributed by atoms with E-state index in [1.54, 1.807) is 30.9 Å². The number of hydrogen-bond acceptors (Lipinski definition) is 5. The van der Waals surface area contributed by atoms with E-state index in [0.29, 0.717) is 27.0 Å². The van der Waals surface area contributed by atoms with Crippen molar-refractivity contribution < 1.29 is 13.2 Å². The van der Waals surface area contributed by atoms with E-state index >= 15 is 0 Å². The molecule has 0 radical (unpaired) electrons. The third-order valence-electron chi connectivity index (χ3n) is 6.10. The Morgan fingerprint density at radius 2 is 1.78 bits per heavy atom. The summed E-state index contributed by atoms with van der Waals surface area (Å²) in [6, 6.07) is 7.24. The zero-order valence-electron chi connectivity index (χ0n) is 19.0. The van der Waals surface area contributed by atoms with Crippen molar-refractivity contribution in [2.45, 2.75) is 38.5 Å². The van der Waals surface area contributed by atoms with Crippen LogP contribution in [0.15, 0.2) is 35.4 Å². The maximum Gasteiger partial charge on any atom is 0.265 e. The summed E-state index contributed by atoms with van der Waals surface area (Å²) in [5.74, 6) is 0.0141. The van der Waals surface area contributed by atoms with Gasteiger partial charge in [-0.05, 0) is 62.9 Å². The lowest BCUT2D eigenvalue weighted by Gasteiger charge is -2.19. The highest BCUT2D eigenvalue weighted by Crippen LogP contribution is 2.33. The first kappa shape index (κ1) is 22.5. The smallest absolute Gasteiger partial charge is 0.265 e. The van der Waals surface area contributed by atoms with Crippen LogP contribution in [0, 0.1) is 20.8 Å². The predicted molar refractivity (Wildman–Crippen MR) is 128 cm³/mol. The summed E-state index contributed by atoms with van der Waals surface area (Å²) in [5.41, 5.74) is 4.11. The minimum atomic E-state index is -3.75. The van der Waals surface area contributed by atoms with Crippen molar-refractivity contribution in [3.8, 4) is 10.7 Å². The van der Waals surface area contributed by atoms with Crippen LogP contribution in [0.5, 0.6) is 0 Å². The summed E-state index contributed by atoms with van der Waals surface area (Å²) in [4.78, 5) is 20.1. The zero-order chi connectivity index (χ0) is 23.2. The summed E-state index contributed by atoms with van der Waals surface area (Å²) in [5, 5.41) is 0.642. The minimum Gasteiger partial charge on any atom is -0.347 e. The van der Waals surface area contributed by atoms with E-state index < -0.39 is 10.0 Å². The van der Waals surface area contributed by atoms with Crippen LogP contribution in [-0.4, -0.2) is 48.9 Å². The molecule has 0 N–H and O–H groups in total. The number of nitrogens with zero attached hydrogens (tertiary/aromatic N) is 4. The Labute approximate surface area is 193 Å². The lowest BCUT2D eigenvalue weighted by molar-refractivity contribution is 0.0796. The molecule has 0 saturated carbocycles. The quantitative estimate of drug-likeness (QED) is 0.559. The average Bonchev–Trinajstić information content (AvgIpc) is 3.49. The van der Waals surface area contributed by atoms with E-state index in [1.807, 2.05) is 43.9 Å². The summed E-state index contributed by atoms with van der Waals surface area (Å²) in [7, 11) is -0.393. The van der Waals surface area contributed by atoms with E-state index in [9.17, 15) is 13.2 Å². The summed E-state index contributed by atoms with van der Waals surface area (Å²) >= 11 is 1.32. The minimum absolute atomic E-state index is 0.0141. The van der Waals surface area contributed by atoms with Gasteiger partial charge in [-0.3, -0.25) is 9.10 Å². The topological polar surface area (TPSA) is 75.5 Å². The molecule has 0 aliphatic carbocycles. The first-order chi connectivity index (χ1) is 15.1. The van der Waals surface area contributed by atoms with Crippen molar-refractivity contribution in [1.29, 1.82) is 0 Å². The van der Waals surface area contributed by atoms with Gasteiger partial charge in [-0.15, -0.1) is 11.3 Å². The number of aromatic nitrogens is 2. The fraction of sp³-hybridized carbons (Fsp3) is 0.391. The van der Waals surface area contributed by atoms with Crippen LogP contribution in [0.3, 0.4) is 0 Å². The van der Waals surface area contributed by atoms with E-state index in [-0.39, 0.29) is 10.8 Å². The van der Waals surface area contributed by atoms with E-state index in [1.165, 1.54) is 15.6 Å². The lowest BCUT2D eigenvalue weighted by Crippen LogP contribution is -2.27. The van der Waals surface area contributed by atoms with Crippen LogP contribution in [-0.2, 0) is 17.1 Å². The van der Waals surface area contributed by atoms with Gasteiger partial charge in [0, 0.05) is 33.4 Å². The molecule has 3 aromatic rings. The highest BCUT2D eigenvalue weighted by Gasteiger charge is 2.27. The maximum atomic E-state index is 13.3. The second-order valence-electron chi connectivity index (χ2n) is 8.35. The normalized spacial score (nSPS) is 14.2. The largest absolute Gasteiger partial charge is 0.347 e. The number of likely N-dealkylation sites (tertiary alicyclic amines) is 1. The summed E-state index contributed by atoms with van der Waals surface area (Å²) in [6.07, 6.45) is 3.66. The monoisotopic (exact) mass is 472 g/mol. The van der Waals surface area contributed by atoms with Crippen LogP contribution in [0.25, 0.3) is 10.7 Å². The number of carbonyl (C=O) groups excluding carboxylic acids is 1. The Balaban J connectivity index is 1.66. The molecule has 0 spiro atoms. The van der Waals surface area contributed by atoms with Crippen LogP contribution in [0.2, 0.25) is 0 Å². The average molecular weight is 473 g/mol. The second-order valence-corrected chi connectivity index (χ2v) is 11.3. The van der Waals surface area contributed by atoms with Gasteiger partial charge in [0.2, 0.25) is 0 Å². The van der Waals surface area contributed by atoms with Crippen molar-refractivity contribution in [2.24, 2.45) is 7.05 Å².